The molecule has 0 heterocycles. The Morgan fingerprint density at radius 3 is 2.55 bits per heavy atom. The summed E-state index contributed by atoms with van der Waals surface area (Å²) >= 11 is 0. The van der Waals surface area contributed by atoms with Gasteiger partial charge in [0, 0.05) is 13.7 Å². The Balaban J connectivity index is 2.89. The molecule has 1 rings (SSSR count). The van der Waals surface area contributed by atoms with Crippen LogP contribution in [-0.2, 0) is 19.4 Å². The van der Waals surface area contributed by atoms with E-state index in [9.17, 15) is 18.0 Å². The van der Waals surface area contributed by atoms with E-state index in [2.05, 4.69) is 5.32 Å². The van der Waals surface area contributed by atoms with Crippen molar-refractivity contribution in [3.63, 3.8) is 0 Å². The van der Waals surface area contributed by atoms with Crippen LogP contribution in [0.15, 0.2) is 29.2 Å². The van der Waals surface area contributed by atoms with Gasteiger partial charge in [-0.25, -0.2) is 13.2 Å². The molecule has 2 N–H and O–H groups in total. The van der Waals surface area contributed by atoms with Crippen LogP contribution in [0.4, 0.5) is 0 Å². The van der Waals surface area contributed by atoms with Gasteiger partial charge in [-0.05, 0) is 12.1 Å². The maximum Gasteiger partial charge on any atom is 0.337 e. The maximum atomic E-state index is 12.0. The SMILES string of the molecule is COCCNC(=O)CS(=O)(=O)c1ccccc1C(=O)O. The van der Waals surface area contributed by atoms with Gasteiger partial charge in [0.25, 0.3) is 0 Å². The molecule has 0 saturated heterocycles. The molecule has 0 saturated carbocycles. The Labute approximate surface area is 116 Å². The van der Waals surface area contributed by atoms with Crippen LogP contribution in [0, 0.1) is 0 Å². The number of hydrogen-bond acceptors (Lipinski definition) is 5. The van der Waals surface area contributed by atoms with Crippen LogP contribution in [0.3, 0.4) is 0 Å². The van der Waals surface area contributed by atoms with E-state index in [1.165, 1.54) is 31.4 Å². The number of amides is 1. The first-order valence-corrected chi connectivity index (χ1v) is 7.34. The van der Waals surface area contributed by atoms with Crippen LogP contribution in [-0.4, -0.2) is 51.4 Å². The highest BCUT2D eigenvalue weighted by Crippen LogP contribution is 2.16. The van der Waals surface area contributed by atoms with Crippen molar-refractivity contribution >= 4 is 21.7 Å². The van der Waals surface area contributed by atoms with Crippen molar-refractivity contribution in [3.05, 3.63) is 29.8 Å². The Morgan fingerprint density at radius 2 is 1.95 bits per heavy atom. The van der Waals surface area contributed by atoms with Crippen molar-refractivity contribution in [3.8, 4) is 0 Å². The summed E-state index contributed by atoms with van der Waals surface area (Å²) < 4.78 is 28.8. The number of carboxylic acids is 1. The van der Waals surface area contributed by atoms with Crippen molar-refractivity contribution in [2.45, 2.75) is 4.90 Å². The number of benzene rings is 1. The average molecular weight is 301 g/mol. The molecule has 0 aliphatic carbocycles. The van der Waals surface area contributed by atoms with E-state index in [0.717, 1.165) is 0 Å². The number of carbonyl (C=O) groups excluding carboxylic acids is 1. The van der Waals surface area contributed by atoms with Gasteiger partial charge < -0.3 is 15.2 Å². The molecule has 0 aliphatic heterocycles. The lowest BCUT2D eigenvalue weighted by molar-refractivity contribution is -0.118. The van der Waals surface area contributed by atoms with E-state index in [0.29, 0.717) is 0 Å². The van der Waals surface area contributed by atoms with Crippen LogP contribution in [0.25, 0.3) is 0 Å². The summed E-state index contributed by atoms with van der Waals surface area (Å²) in [5.74, 6) is -2.87. The minimum Gasteiger partial charge on any atom is -0.478 e. The topological polar surface area (TPSA) is 110 Å². The van der Waals surface area contributed by atoms with E-state index < -0.39 is 27.5 Å². The van der Waals surface area contributed by atoms with Gasteiger partial charge in [0.2, 0.25) is 5.91 Å². The second-order valence-corrected chi connectivity index (χ2v) is 5.86. The predicted octanol–water partition coefficient (Wildman–Crippen LogP) is -0.0789. The molecule has 0 unspecified atom stereocenters. The Hall–Kier alpha value is -1.93. The van der Waals surface area contributed by atoms with Gasteiger partial charge in [-0.3, -0.25) is 4.79 Å². The van der Waals surface area contributed by atoms with Crippen molar-refractivity contribution < 1.29 is 27.9 Å². The number of methoxy groups -OCH3 is 1. The number of ether oxygens (including phenoxy) is 1. The van der Waals surface area contributed by atoms with Crippen molar-refractivity contribution in [2.75, 3.05) is 26.0 Å². The third-order valence-corrected chi connectivity index (χ3v) is 4.07. The van der Waals surface area contributed by atoms with Gasteiger partial charge >= 0.3 is 5.97 Å². The highest BCUT2D eigenvalue weighted by Gasteiger charge is 2.24. The molecule has 8 heteroatoms. The van der Waals surface area contributed by atoms with Crippen molar-refractivity contribution in [1.82, 2.24) is 5.32 Å². The van der Waals surface area contributed by atoms with Gasteiger partial charge in [0.15, 0.2) is 9.84 Å². The quantitative estimate of drug-likeness (QED) is 0.682. The molecule has 0 spiro atoms. The Kier molecular flexibility index (Phi) is 5.66. The zero-order valence-corrected chi connectivity index (χ0v) is 11.6. The summed E-state index contributed by atoms with van der Waals surface area (Å²) in [6.45, 7) is 0.447. The maximum absolute atomic E-state index is 12.0. The minimum atomic E-state index is -4.01. The van der Waals surface area contributed by atoms with E-state index in [1.54, 1.807) is 0 Å². The molecule has 0 aliphatic rings. The van der Waals surface area contributed by atoms with Crippen molar-refractivity contribution in [2.24, 2.45) is 0 Å². The number of nitrogens with one attached hydrogen (secondary N) is 1. The summed E-state index contributed by atoms with van der Waals surface area (Å²) in [4.78, 5) is 22.1. The second-order valence-electron chi connectivity index (χ2n) is 3.90. The van der Waals surface area contributed by atoms with Gasteiger partial charge in [-0.1, -0.05) is 12.1 Å². The van der Waals surface area contributed by atoms with Gasteiger partial charge in [0.1, 0.15) is 5.75 Å². The molecule has 0 radical (unpaired) electrons. The van der Waals surface area contributed by atoms with E-state index in [1.807, 2.05) is 0 Å². The molecule has 0 bridgehead atoms. The molecule has 1 aromatic rings. The van der Waals surface area contributed by atoms with E-state index in [4.69, 9.17) is 9.84 Å². The smallest absolute Gasteiger partial charge is 0.337 e. The number of carbonyl (C=O) groups is 2. The lowest BCUT2D eigenvalue weighted by Gasteiger charge is -2.08. The zero-order chi connectivity index (χ0) is 15.2. The molecular formula is C12H15NO6S. The zero-order valence-electron chi connectivity index (χ0n) is 10.8. The fourth-order valence-corrected chi connectivity index (χ4v) is 2.89. The summed E-state index contributed by atoms with van der Waals surface area (Å²) in [6, 6.07) is 5.17. The number of carboxylic acid groups (broad SMARTS) is 1. The average Bonchev–Trinajstić information content (AvgIpc) is 2.38. The molecule has 1 aromatic carbocycles. The number of rotatable bonds is 7. The fourth-order valence-electron chi connectivity index (χ4n) is 1.51. The van der Waals surface area contributed by atoms with E-state index >= 15 is 0 Å². The van der Waals surface area contributed by atoms with Gasteiger partial charge in [-0.2, -0.15) is 0 Å². The minimum absolute atomic E-state index is 0.186. The summed E-state index contributed by atoms with van der Waals surface area (Å²) in [7, 11) is -2.56. The second kappa shape index (κ2) is 7.01. The molecule has 0 aromatic heterocycles. The molecule has 0 atom stereocenters. The molecule has 110 valence electrons. The third-order valence-electron chi connectivity index (χ3n) is 2.40. The van der Waals surface area contributed by atoms with E-state index in [-0.39, 0.29) is 23.6 Å². The molecule has 20 heavy (non-hydrogen) atoms. The molecule has 1 amide bonds. The normalized spacial score (nSPS) is 11.1. The number of aromatic carboxylic acids is 1. The molecule has 0 fully saturated rings. The van der Waals surface area contributed by atoms with Gasteiger partial charge in [-0.15, -0.1) is 0 Å². The lowest BCUT2D eigenvalue weighted by atomic mass is 10.2. The van der Waals surface area contributed by atoms with Crippen LogP contribution in [0.2, 0.25) is 0 Å². The Bertz CT molecular complexity index is 596. The number of hydrogen-bond donors (Lipinski definition) is 2. The Morgan fingerprint density at radius 1 is 1.30 bits per heavy atom. The third kappa shape index (κ3) is 4.32. The lowest BCUT2D eigenvalue weighted by Crippen LogP contribution is -2.33. The van der Waals surface area contributed by atoms with Crippen LogP contribution >= 0.6 is 0 Å². The standard InChI is InChI=1S/C12H15NO6S/c1-19-7-6-13-11(14)8-20(17,18)10-5-3-2-4-9(10)12(15)16/h2-5H,6-8H2,1H3,(H,13,14)(H,15,16). The first-order valence-electron chi connectivity index (χ1n) is 5.69. The van der Waals surface area contributed by atoms with Crippen molar-refractivity contribution in [1.29, 1.82) is 0 Å². The fraction of sp³-hybridized carbons (Fsp3) is 0.333. The summed E-state index contributed by atoms with van der Waals surface area (Å²) in [6.07, 6.45) is 0. The first kappa shape index (κ1) is 16.1. The molecular weight excluding hydrogens is 286 g/mol. The summed E-state index contributed by atoms with van der Waals surface area (Å²) in [5, 5.41) is 11.3. The van der Waals surface area contributed by atoms with Crippen LogP contribution < -0.4 is 5.32 Å². The van der Waals surface area contributed by atoms with Gasteiger partial charge in [0.05, 0.1) is 17.1 Å². The molecule has 7 nitrogen and oxygen atoms in total. The summed E-state index contributed by atoms with van der Waals surface area (Å²) in [5.41, 5.74) is -0.350. The first-order chi connectivity index (χ1) is 9.38. The monoisotopic (exact) mass is 301 g/mol. The highest BCUT2D eigenvalue weighted by atomic mass is 32.2. The largest absolute Gasteiger partial charge is 0.478 e. The van der Waals surface area contributed by atoms with Crippen LogP contribution in [0.5, 0.6) is 0 Å². The number of sulfone groups is 1. The highest BCUT2D eigenvalue weighted by molar-refractivity contribution is 7.92. The van der Waals surface area contributed by atoms with Crippen LogP contribution in [0.1, 0.15) is 10.4 Å². The predicted molar refractivity (Wildman–Crippen MR) is 70.3 cm³/mol.